The molecule has 3 rings (SSSR count). The fourth-order valence-corrected chi connectivity index (χ4v) is 2.16. The van der Waals surface area contributed by atoms with E-state index in [1.807, 2.05) is 37.3 Å². The summed E-state index contributed by atoms with van der Waals surface area (Å²) in [6.45, 7) is 3.63. The molecule has 3 N–H and O–H groups in total. The summed E-state index contributed by atoms with van der Waals surface area (Å²) in [5.74, 6) is 0.222. The molecule has 1 atom stereocenters. The molecule has 0 aliphatic rings. The van der Waals surface area contributed by atoms with Crippen LogP contribution in [0.4, 0.5) is 5.82 Å². The van der Waals surface area contributed by atoms with E-state index in [4.69, 9.17) is 5.73 Å². The molecule has 6 nitrogen and oxygen atoms in total. The second-order valence-electron chi connectivity index (χ2n) is 4.80. The molecule has 3 aromatic rings. The monoisotopic (exact) mass is 269 g/mol. The van der Waals surface area contributed by atoms with Gasteiger partial charge in [-0.15, -0.1) is 0 Å². The number of nitrogens with two attached hydrogens (primary N) is 1. The molecule has 0 radical (unpaired) electrons. The van der Waals surface area contributed by atoms with E-state index in [1.165, 1.54) is 0 Å². The summed E-state index contributed by atoms with van der Waals surface area (Å²) in [6.07, 6.45) is 0. The van der Waals surface area contributed by atoms with Crippen molar-refractivity contribution in [1.29, 1.82) is 0 Å². The Hall–Kier alpha value is -2.63. The van der Waals surface area contributed by atoms with Crippen LogP contribution in [-0.2, 0) is 4.79 Å². The van der Waals surface area contributed by atoms with Crippen molar-refractivity contribution < 1.29 is 4.79 Å². The smallest absolute Gasteiger partial charge is 0.239 e. The van der Waals surface area contributed by atoms with Gasteiger partial charge >= 0.3 is 0 Å². The molecule has 0 bridgehead atoms. The summed E-state index contributed by atoms with van der Waals surface area (Å²) in [5.41, 5.74) is 7.86. The molecule has 2 heterocycles. The molecule has 102 valence electrons. The summed E-state index contributed by atoms with van der Waals surface area (Å²) in [4.78, 5) is 15.7. The molecule has 1 unspecified atom stereocenters. The van der Waals surface area contributed by atoms with Gasteiger partial charge in [0, 0.05) is 11.5 Å². The standard InChI is InChI=1S/C14H15N5O/c1-8-7-12-17-14(16-9(2)13(15)20)10-5-3-4-6-11(10)19(12)18-8/h3-7,9H,1-2H3,(H2,15,20)(H,16,17). The fourth-order valence-electron chi connectivity index (χ4n) is 2.16. The number of rotatable bonds is 3. The average molecular weight is 269 g/mol. The predicted octanol–water partition coefficient (Wildman–Crippen LogP) is 1.48. The van der Waals surface area contributed by atoms with Gasteiger partial charge in [-0.1, -0.05) is 12.1 Å². The van der Waals surface area contributed by atoms with E-state index >= 15 is 0 Å². The van der Waals surface area contributed by atoms with Gasteiger partial charge < -0.3 is 11.1 Å². The van der Waals surface area contributed by atoms with Gasteiger partial charge in [0.1, 0.15) is 11.9 Å². The summed E-state index contributed by atoms with van der Waals surface area (Å²) in [7, 11) is 0. The molecule has 0 saturated carbocycles. The second-order valence-corrected chi connectivity index (χ2v) is 4.80. The van der Waals surface area contributed by atoms with Gasteiger partial charge in [-0.05, 0) is 26.0 Å². The van der Waals surface area contributed by atoms with Gasteiger partial charge in [0.05, 0.1) is 11.2 Å². The number of nitrogens with zero attached hydrogens (tertiary/aromatic N) is 3. The maximum absolute atomic E-state index is 11.2. The van der Waals surface area contributed by atoms with E-state index < -0.39 is 11.9 Å². The van der Waals surface area contributed by atoms with Crippen molar-refractivity contribution in [2.24, 2.45) is 5.73 Å². The highest BCUT2D eigenvalue weighted by molar-refractivity contribution is 5.93. The summed E-state index contributed by atoms with van der Waals surface area (Å²) < 4.78 is 1.80. The topological polar surface area (TPSA) is 85.3 Å². The van der Waals surface area contributed by atoms with Crippen molar-refractivity contribution in [3.05, 3.63) is 36.0 Å². The molecule has 0 saturated heterocycles. The first-order valence-corrected chi connectivity index (χ1v) is 6.37. The minimum absolute atomic E-state index is 0.416. The van der Waals surface area contributed by atoms with Crippen LogP contribution in [0.2, 0.25) is 0 Å². The Bertz CT molecular complexity index is 808. The van der Waals surface area contributed by atoms with Gasteiger partial charge in [0.25, 0.3) is 0 Å². The summed E-state index contributed by atoms with van der Waals surface area (Å²) >= 11 is 0. The minimum Gasteiger partial charge on any atom is -0.368 e. The number of primary amides is 1. The van der Waals surface area contributed by atoms with Crippen molar-refractivity contribution in [3.8, 4) is 0 Å². The second kappa shape index (κ2) is 4.48. The van der Waals surface area contributed by atoms with Crippen molar-refractivity contribution >= 4 is 28.3 Å². The minimum atomic E-state index is -0.489. The van der Waals surface area contributed by atoms with E-state index in [0.29, 0.717) is 5.82 Å². The molecule has 0 aliphatic carbocycles. The largest absolute Gasteiger partial charge is 0.368 e. The van der Waals surface area contributed by atoms with Gasteiger partial charge in [-0.25, -0.2) is 9.50 Å². The predicted molar refractivity (Wildman–Crippen MR) is 77.5 cm³/mol. The number of aryl methyl sites for hydroxylation is 1. The lowest BCUT2D eigenvalue weighted by Gasteiger charge is -2.13. The third kappa shape index (κ3) is 1.95. The Morgan fingerprint density at radius 1 is 1.40 bits per heavy atom. The molecule has 1 aromatic carbocycles. The molecule has 1 amide bonds. The third-order valence-corrected chi connectivity index (χ3v) is 3.21. The van der Waals surface area contributed by atoms with Crippen molar-refractivity contribution in [3.63, 3.8) is 0 Å². The number of benzene rings is 1. The van der Waals surface area contributed by atoms with Crippen LogP contribution in [0.5, 0.6) is 0 Å². The number of aromatic nitrogens is 3. The average Bonchev–Trinajstić information content (AvgIpc) is 2.79. The zero-order valence-electron chi connectivity index (χ0n) is 11.3. The van der Waals surface area contributed by atoms with Crippen LogP contribution in [0.25, 0.3) is 16.6 Å². The number of nitrogens with one attached hydrogen (secondary N) is 1. The third-order valence-electron chi connectivity index (χ3n) is 3.21. The molecule has 20 heavy (non-hydrogen) atoms. The first-order chi connectivity index (χ1) is 9.56. The van der Waals surface area contributed by atoms with Crippen LogP contribution in [-0.4, -0.2) is 26.5 Å². The fraction of sp³-hybridized carbons (Fsp3) is 0.214. The molecule has 0 fully saturated rings. The number of hydrogen-bond acceptors (Lipinski definition) is 4. The van der Waals surface area contributed by atoms with Crippen LogP contribution in [0.15, 0.2) is 30.3 Å². The SMILES string of the molecule is Cc1cc2nc(NC(C)C(N)=O)c3ccccc3n2n1. The van der Waals surface area contributed by atoms with E-state index in [0.717, 1.165) is 22.2 Å². The summed E-state index contributed by atoms with van der Waals surface area (Å²) in [6, 6.07) is 9.18. The quantitative estimate of drug-likeness (QED) is 0.754. The number of para-hydroxylation sites is 1. The molecule has 0 spiro atoms. The molecule has 6 heteroatoms. The number of anilines is 1. The highest BCUT2D eigenvalue weighted by Gasteiger charge is 2.14. The Labute approximate surface area is 115 Å². The Balaban J connectivity index is 2.25. The number of hydrogen-bond donors (Lipinski definition) is 2. The number of fused-ring (bicyclic) bond motifs is 3. The number of carbonyl (C=O) groups is 1. The van der Waals surface area contributed by atoms with Crippen molar-refractivity contribution in [2.75, 3.05) is 5.32 Å². The molecule has 0 aliphatic heterocycles. The van der Waals surface area contributed by atoms with E-state index in [2.05, 4.69) is 15.4 Å². The first-order valence-electron chi connectivity index (χ1n) is 6.37. The highest BCUT2D eigenvalue weighted by atomic mass is 16.1. The van der Waals surface area contributed by atoms with E-state index in [-0.39, 0.29) is 0 Å². The highest BCUT2D eigenvalue weighted by Crippen LogP contribution is 2.23. The lowest BCUT2D eigenvalue weighted by atomic mass is 10.2. The van der Waals surface area contributed by atoms with Crippen LogP contribution in [0.3, 0.4) is 0 Å². The van der Waals surface area contributed by atoms with Crippen LogP contribution in [0, 0.1) is 6.92 Å². The first kappa shape index (κ1) is 12.4. The summed E-state index contributed by atoms with van der Waals surface area (Å²) in [5, 5.41) is 8.39. The van der Waals surface area contributed by atoms with Gasteiger partial charge in [0.15, 0.2) is 5.65 Å². The molecular weight excluding hydrogens is 254 g/mol. The Kier molecular flexibility index (Phi) is 2.78. The van der Waals surface area contributed by atoms with Crippen molar-refractivity contribution in [2.45, 2.75) is 19.9 Å². The van der Waals surface area contributed by atoms with Crippen molar-refractivity contribution in [1.82, 2.24) is 14.6 Å². The number of amides is 1. The van der Waals surface area contributed by atoms with Gasteiger partial charge in [-0.3, -0.25) is 4.79 Å². The zero-order valence-corrected chi connectivity index (χ0v) is 11.3. The van der Waals surface area contributed by atoms with Crippen LogP contribution >= 0.6 is 0 Å². The molecule has 2 aromatic heterocycles. The lowest BCUT2D eigenvalue weighted by Crippen LogP contribution is -2.32. The Morgan fingerprint density at radius 3 is 2.90 bits per heavy atom. The van der Waals surface area contributed by atoms with Crippen LogP contribution < -0.4 is 11.1 Å². The normalized spacial score (nSPS) is 12.7. The van der Waals surface area contributed by atoms with E-state index in [1.54, 1.807) is 11.4 Å². The van der Waals surface area contributed by atoms with E-state index in [9.17, 15) is 4.79 Å². The zero-order chi connectivity index (χ0) is 14.3. The maximum atomic E-state index is 11.2. The maximum Gasteiger partial charge on any atom is 0.239 e. The Morgan fingerprint density at radius 2 is 2.15 bits per heavy atom. The van der Waals surface area contributed by atoms with Gasteiger partial charge in [0.2, 0.25) is 5.91 Å². The van der Waals surface area contributed by atoms with Gasteiger partial charge in [-0.2, -0.15) is 5.10 Å². The molecular formula is C14H15N5O. The number of carbonyl (C=O) groups excluding carboxylic acids is 1. The van der Waals surface area contributed by atoms with Crippen LogP contribution in [0.1, 0.15) is 12.6 Å². The lowest BCUT2D eigenvalue weighted by molar-refractivity contribution is -0.118.